The van der Waals surface area contributed by atoms with Crippen LogP contribution in [0.1, 0.15) is 13.8 Å². The second-order valence-electron chi connectivity index (χ2n) is 3.00. The van der Waals surface area contributed by atoms with E-state index in [0.717, 1.165) is 0 Å². The highest BCUT2D eigenvalue weighted by atomic mass is 16.5. The summed E-state index contributed by atoms with van der Waals surface area (Å²) in [6.45, 7) is 5.31. The molecule has 0 aliphatic heterocycles. The molecule has 1 rings (SSSR count). The Hall–Kier alpha value is -1.36. The van der Waals surface area contributed by atoms with Crippen LogP contribution in [0.4, 0.5) is 11.6 Å². The fourth-order valence-electron chi connectivity index (χ4n) is 1.03. The van der Waals surface area contributed by atoms with Crippen molar-refractivity contribution in [3.05, 3.63) is 12.4 Å². The van der Waals surface area contributed by atoms with E-state index in [9.17, 15) is 0 Å². The van der Waals surface area contributed by atoms with Gasteiger partial charge in [-0.3, -0.25) is 0 Å². The molecular formula is C9H16N4O. The Kier molecular flexibility index (Phi) is 4.12. The molecule has 14 heavy (non-hydrogen) atoms. The van der Waals surface area contributed by atoms with Gasteiger partial charge in [0.05, 0.1) is 6.61 Å². The first-order valence-electron chi connectivity index (χ1n) is 4.64. The molecule has 0 saturated carbocycles. The minimum Gasteiger partial charge on any atom is -0.381 e. The number of nitrogen functional groups attached to an aromatic ring is 1. The van der Waals surface area contributed by atoms with Crippen molar-refractivity contribution in [3.8, 4) is 0 Å². The highest BCUT2D eigenvalue weighted by Gasteiger charge is 2.05. The predicted molar refractivity (Wildman–Crippen MR) is 56.0 cm³/mol. The Morgan fingerprint density at radius 2 is 2.21 bits per heavy atom. The number of rotatable bonds is 5. The second kappa shape index (κ2) is 5.39. The van der Waals surface area contributed by atoms with Gasteiger partial charge in [-0.25, -0.2) is 9.97 Å². The zero-order chi connectivity index (χ0) is 10.4. The van der Waals surface area contributed by atoms with E-state index in [-0.39, 0.29) is 6.04 Å². The van der Waals surface area contributed by atoms with E-state index in [4.69, 9.17) is 10.5 Å². The molecule has 0 amide bonds. The van der Waals surface area contributed by atoms with E-state index < -0.39 is 0 Å². The molecule has 0 bridgehead atoms. The molecule has 0 aliphatic carbocycles. The third-order valence-corrected chi connectivity index (χ3v) is 1.68. The maximum absolute atomic E-state index is 5.62. The van der Waals surface area contributed by atoms with Crippen LogP contribution in [0.25, 0.3) is 0 Å². The number of hydrogen-bond donors (Lipinski definition) is 2. The molecule has 3 N–H and O–H groups in total. The quantitative estimate of drug-likeness (QED) is 0.731. The third kappa shape index (κ3) is 3.18. The van der Waals surface area contributed by atoms with Gasteiger partial charge in [-0.1, -0.05) is 0 Å². The van der Waals surface area contributed by atoms with Gasteiger partial charge in [-0.2, -0.15) is 0 Å². The van der Waals surface area contributed by atoms with Crippen molar-refractivity contribution in [3.63, 3.8) is 0 Å². The molecule has 1 aromatic heterocycles. The van der Waals surface area contributed by atoms with E-state index in [1.54, 1.807) is 12.4 Å². The zero-order valence-corrected chi connectivity index (χ0v) is 8.53. The number of nitrogens with two attached hydrogens (primary N) is 1. The minimum absolute atomic E-state index is 0.175. The van der Waals surface area contributed by atoms with Crippen LogP contribution in [0.2, 0.25) is 0 Å². The molecule has 78 valence electrons. The van der Waals surface area contributed by atoms with E-state index in [1.807, 2.05) is 13.8 Å². The smallest absolute Gasteiger partial charge is 0.169 e. The highest BCUT2D eigenvalue weighted by Crippen LogP contribution is 2.10. The molecule has 1 heterocycles. The second-order valence-corrected chi connectivity index (χ2v) is 3.00. The van der Waals surface area contributed by atoms with Crippen LogP contribution in [0, 0.1) is 0 Å². The van der Waals surface area contributed by atoms with Crippen LogP contribution in [0.5, 0.6) is 0 Å². The summed E-state index contributed by atoms with van der Waals surface area (Å²) in [7, 11) is 0. The van der Waals surface area contributed by atoms with Crippen LogP contribution in [0.3, 0.4) is 0 Å². The fraction of sp³-hybridized carbons (Fsp3) is 0.556. The maximum Gasteiger partial charge on any atom is 0.169 e. The van der Waals surface area contributed by atoms with Crippen LogP contribution < -0.4 is 11.1 Å². The lowest BCUT2D eigenvalue weighted by Crippen LogP contribution is -2.23. The monoisotopic (exact) mass is 196 g/mol. The number of aromatic nitrogens is 2. The van der Waals surface area contributed by atoms with Gasteiger partial charge in [0.15, 0.2) is 11.6 Å². The molecule has 1 aromatic rings. The molecule has 0 aliphatic rings. The zero-order valence-electron chi connectivity index (χ0n) is 8.53. The SMILES string of the molecule is CCOCC(C)Nc1nccnc1N. The lowest BCUT2D eigenvalue weighted by Gasteiger charge is -2.14. The molecule has 0 fully saturated rings. The fourth-order valence-corrected chi connectivity index (χ4v) is 1.03. The van der Waals surface area contributed by atoms with E-state index >= 15 is 0 Å². The van der Waals surface area contributed by atoms with Gasteiger partial charge in [-0.05, 0) is 13.8 Å². The minimum atomic E-state index is 0.175. The molecule has 0 saturated heterocycles. The number of nitrogens with zero attached hydrogens (tertiary/aromatic N) is 2. The number of hydrogen-bond acceptors (Lipinski definition) is 5. The number of nitrogens with one attached hydrogen (secondary N) is 1. The summed E-state index contributed by atoms with van der Waals surface area (Å²) in [6, 6.07) is 0.175. The summed E-state index contributed by atoms with van der Waals surface area (Å²) < 4.78 is 5.26. The van der Waals surface area contributed by atoms with Crippen LogP contribution in [0.15, 0.2) is 12.4 Å². The van der Waals surface area contributed by atoms with Crippen molar-refractivity contribution in [2.75, 3.05) is 24.3 Å². The van der Waals surface area contributed by atoms with Gasteiger partial charge in [-0.15, -0.1) is 0 Å². The Labute approximate surface area is 83.7 Å². The van der Waals surface area contributed by atoms with Gasteiger partial charge in [0, 0.05) is 25.0 Å². The van der Waals surface area contributed by atoms with Crippen molar-refractivity contribution < 1.29 is 4.74 Å². The van der Waals surface area contributed by atoms with Crippen molar-refractivity contribution in [2.45, 2.75) is 19.9 Å². The summed E-state index contributed by atoms with van der Waals surface area (Å²) >= 11 is 0. The lowest BCUT2D eigenvalue weighted by atomic mass is 10.3. The standard InChI is InChI=1S/C9H16N4O/c1-3-14-6-7(2)13-9-8(10)11-4-5-12-9/h4-5,7H,3,6H2,1-2H3,(H2,10,11)(H,12,13). The highest BCUT2D eigenvalue weighted by molar-refractivity contribution is 5.55. The number of anilines is 2. The maximum atomic E-state index is 5.62. The number of ether oxygens (including phenoxy) is 1. The van der Waals surface area contributed by atoms with Crippen LogP contribution >= 0.6 is 0 Å². The van der Waals surface area contributed by atoms with Crippen molar-refractivity contribution >= 4 is 11.6 Å². The Balaban J connectivity index is 2.47. The van der Waals surface area contributed by atoms with Crippen LogP contribution in [-0.2, 0) is 4.74 Å². The summed E-state index contributed by atoms with van der Waals surface area (Å²) in [5, 5.41) is 3.12. The molecule has 1 unspecified atom stereocenters. The molecule has 0 radical (unpaired) electrons. The first-order chi connectivity index (χ1) is 6.74. The summed E-state index contributed by atoms with van der Waals surface area (Å²) in [6.07, 6.45) is 3.17. The molecule has 0 spiro atoms. The van der Waals surface area contributed by atoms with Gasteiger partial charge in [0.25, 0.3) is 0 Å². The molecule has 5 nitrogen and oxygen atoms in total. The molecule has 0 aromatic carbocycles. The van der Waals surface area contributed by atoms with Gasteiger partial charge < -0.3 is 15.8 Å². The molecule has 5 heteroatoms. The average Bonchev–Trinajstić information content (AvgIpc) is 2.18. The summed E-state index contributed by atoms with van der Waals surface area (Å²) in [5.74, 6) is 1.02. The summed E-state index contributed by atoms with van der Waals surface area (Å²) in [5.41, 5.74) is 5.62. The predicted octanol–water partition coefficient (Wildman–Crippen LogP) is 0.896. The normalized spacial score (nSPS) is 12.4. The van der Waals surface area contributed by atoms with Gasteiger partial charge >= 0.3 is 0 Å². The van der Waals surface area contributed by atoms with Gasteiger partial charge in [0.2, 0.25) is 0 Å². The summed E-state index contributed by atoms with van der Waals surface area (Å²) in [4.78, 5) is 8.00. The van der Waals surface area contributed by atoms with Crippen molar-refractivity contribution in [1.82, 2.24) is 9.97 Å². The first kappa shape index (κ1) is 10.7. The van der Waals surface area contributed by atoms with Gasteiger partial charge in [0.1, 0.15) is 0 Å². The Morgan fingerprint density at radius 3 is 2.86 bits per heavy atom. The topological polar surface area (TPSA) is 73.1 Å². The largest absolute Gasteiger partial charge is 0.381 e. The Bertz CT molecular complexity index is 279. The van der Waals surface area contributed by atoms with Crippen LogP contribution in [-0.4, -0.2) is 29.2 Å². The average molecular weight is 196 g/mol. The van der Waals surface area contributed by atoms with Crippen molar-refractivity contribution in [1.29, 1.82) is 0 Å². The Morgan fingerprint density at radius 1 is 1.50 bits per heavy atom. The van der Waals surface area contributed by atoms with E-state index in [0.29, 0.717) is 24.8 Å². The molecular weight excluding hydrogens is 180 g/mol. The van der Waals surface area contributed by atoms with E-state index in [2.05, 4.69) is 15.3 Å². The lowest BCUT2D eigenvalue weighted by molar-refractivity contribution is 0.141. The third-order valence-electron chi connectivity index (χ3n) is 1.68. The van der Waals surface area contributed by atoms with Crippen molar-refractivity contribution in [2.24, 2.45) is 0 Å². The molecule has 1 atom stereocenters. The van der Waals surface area contributed by atoms with E-state index in [1.165, 1.54) is 0 Å². The first-order valence-corrected chi connectivity index (χ1v) is 4.64.